The van der Waals surface area contributed by atoms with Crippen molar-refractivity contribution in [2.45, 2.75) is 13.0 Å². The van der Waals surface area contributed by atoms with Crippen LogP contribution >= 0.6 is 0 Å². The second kappa shape index (κ2) is 8.50. The number of amides is 1. The van der Waals surface area contributed by atoms with E-state index in [1.54, 1.807) is 14.2 Å². The molecule has 1 rings (SSSR count). The number of ether oxygens (including phenoxy) is 3. The van der Waals surface area contributed by atoms with E-state index < -0.39 is 0 Å². The maximum absolute atomic E-state index is 11.5. The Morgan fingerprint density at radius 3 is 2.79 bits per heavy atom. The van der Waals surface area contributed by atoms with Gasteiger partial charge in [0.15, 0.2) is 0 Å². The minimum absolute atomic E-state index is 0.0744. The summed E-state index contributed by atoms with van der Waals surface area (Å²) in [5.41, 5.74) is 0.957. The summed E-state index contributed by atoms with van der Waals surface area (Å²) < 4.78 is 15.6. The molecule has 0 fully saturated rings. The summed E-state index contributed by atoms with van der Waals surface area (Å²) in [7, 11) is 3.23. The smallest absolute Gasteiger partial charge is 0.246 e. The van der Waals surface area contributed by atoms with Crippen LogP contribution in [0.1, 0.15) is 18.6 Å². The van der Waals surface area contributed by atoms with Gasteiger partial charge in [-0.15, -0.1) is 0 Å². The molecule has 0 saturated heterocycles. The lowest BCUT2D eigenvalue weighted by Gasteiger charge is -2.17. The van der Waals surface area contributed by atoms with Gasteiger partial charge in [-0.2, -0.15) is 0 Å². The Labute approximate surface area is 113 Å². The highest BCUT2D eigenvalue weighted by Crippen LogP contribution is 2.20. The Kier molecular flexibility index (Phi) is 6.92. The molecule has 0 aliphatic heterocycles. The van der Waals surface area contributed by atoms with Gasteiger partial charge in [-0.3, -0.25) is 4.79 Å². The highest BCUT2D eigenvalue weighted by Gasteiger charge is 2.12. The van der Waals surface area contributed by atoms with Crippen molar-refractivity contribution in [3.63, 3.8) is 0 Å². The van der Waals surface area contributed by atoms with Gasteiger partial charge < -0.3 is 19.5 Å². The number of methoxy groups -OCH3 is 2. The van der Waals surface area contributed by atoms with Crippen LogP contribution in [-0.2, 0) is 14.3 Å². The summed E-state index contributed by atoms with van der Waals surface area (Å²) in [5.74, 6) is 0.618. The fourth-order valence-electron chi connectivity index (χ4n) is 1.63. The average Bonchev–Trinajstić information content (AvgIpc) is 2.46. The number of nitrogens with one attached hydrogen (secondary N) is 1. The lowest BCUT2D eigenvalue weighted by atomic mass is 10.1. The van der Waals surface area contributed by atoms with E-state index in [9.17, 15) is 4.79 Å². The lowest BCUT2D eigenvalue weighted by Crippen LogP contribution is -2.32. The fraction of sp³-hybridized carbons (Fsp3) is 0.500. The summed E-state index contributed by atoms with van der Waals surface area (Å²) in [6.07, 6.45) is -0.208. The Morgan fingerprint density at radius 1 is 1.37 bits per heavy atom. The van der Waals surface area contributed by atoms with Crippen molar-refractivity contribution in [1.82, 2.24) is 5.32 Å². The van der Waals surface area contributed by atoms with Crippen molar-refractivity contribution in [2.24, 2.45) is 0 Å². The zero-order valence-corrected chi connectivity index (χ0v) is 11.6. The summed E-state index contributed by atoms with van der Waals surface area (Å²) >= 11 is 0. The first-order valence-corrected chi connectivity index (χ1v) is 6.22. The van der Waals surface area contributed by atoms with Gasteiger partial charge in [0.05, 0.1) is 13.2 Å². The molecule has 0 bridgehead atoms. The van der Waals surface area contributed by atoms with Gasteiger partial charge in [0, 0.05) is 20.3 Å². The van der Waals surface area contributed by atoms with Crippen LogP contribution in [0.3, 0.4) is 0 Å². The van der Waals surface area contributed by atoms with Crippen molar-refractivity contribution < 1.29 is 19.0 Å². The number of rotatable bonds is 8. The summed E-state index contributed by atoms with van der Waals surface area (Å²) in [5, 5.41) is 2.77. The largest absolute Gasteiger partial charge is 0.497 e. The predicted molar refractivity (Wildman–Crippen MR) is 72.2 cm³/mol. The van der Waals surface area contributed by atoms with Crippen LogP contribution in [0, 0.1) is 0 Å². The average molecular weight is 267 g/mol. The molecule has 0 heterocycles. The van der Waals surface area contributed by atoms with Crippen LogP contribution in [0.5, 0.6) is 5.75 Å². The first-order chi connectivity index (χ1) is 9.21. The Balaban J connectivity index is 2.55. The zero-order valence-electron chi connectivity index (χ0n) is 11.6. The van der Waals surface area contributed by atoms with Gasteiger partial charge >= 0.3 is 0 Å². The van der Waals surface area contributed by atoms with Gasteiger partial charge in [0.2, 0.25) is 5.91 Å². The van der Waals surface area contributed by atoms with Gasteiger partial charge in [-0.1, -0.05) is 12.1 Å². The second-order valence-corrected chi connectivity index (χ2v) is 3.94. The molecule has 5 nitrogen and oxygen atoms in total. The number of hydrogen-bond donors (Lipinski definition) is 1. The first-order valence-electron chi connectivity index (χ1n) is 6.22. The summed E-state index contributed by atoms with van der Waals surface area (Å²) in [6, 6.07) is 7.58. The maximum Gasteiger partial charge on any atom is 0.246 e. The molecule has 0 spiro atoms. The van der Waals surface area contributed by atoms with E-state index in [-0.39, 0.29) is 18.6 Å². The van der Waals surface area contributed by atoms with E-state index in [1.165, 1.54) is 0 Å². The molecule has 1 aromatic carbocycles. The molecule has 1 unspecified atom stereocenters. The minimum Gasteiger partial charge on any atom is -0.497 e. The zero-order chi connectivity index (χ0) is 14.1. The van der Waals surface area contributed by atoms with Crippen LogP contribution in [0.15, 0.2) is 24.3 Å². The number of benzene rings is 1. The first kappa shape index (κ1) is 15.5. The summed E-state index contributed by atoms with van der Waals surface area (Å²) in [6.45, 7) is 2.85. The number of carbonyl (C=O) groups excluding carboxylic acids is 1. The molecule has 1 atom stereocenters. The van der Waals surface area contributed by atoms with Crippen LogP contribution in [0.2, 0.25) is 0 Å². The third kappa shape index (κ3) is 5.28. The molecule has 5 heteroatoms. The van der Waals surface area contributed by atoms with Crippen molar-refractivity contribution in [2.75, 3.05) is 34.0 Å². The van der Waals surface area contributed by atoms with Crippen molar-refractivity contribution in [1.29, 1.82) is 0 Å². The second-order valence-electron chi connectivity index (χ2n) is 3.94. The van der Waals surface area contributed by atoms with Gasteiger partial charge in [-0.25, -0.2) is 0 Å². The van der Waals surface area contributed by atoms with Crippen LogP contribution in [-0.4, -0.2) is 39.9 Å². The molecule has 106 valence electrons. The molecule has 1 N–H and O–H groups in total. The third-order valence-corrected chi connectivity index (χ3v) is 2.67. The lowest BCUT2D eigenvalue weighted by molar-refractivity contribution is -0.126. The molecule has 19 heavy (non-hydrogen) atoms. The van der Waals surface area contributed by atoms with Gasteiger partial charge in [0.1, 0.15) is 12.4 Å². The van der Waals surface area contributed by atoms with E-state index in [2.05, 4.69) is 5.32 Å². The minimum atomic E-state index is -0.208. The normalized spacial score (nSPS) is 11.9. The van der Waals surface area contributed by atoms with E-state index >= 15 is 0 Å². The molecule has 1 aromatic rings. The predicted octanol–water partition coefficient (Wildman–Crippen LogP) is 1.54. The van der Waals surface area contributed by atoms with Crippen LogP contribution in [0.4, 0.5) is 0 Å². The molecule has 0 aromatic heterocycles. The molecule has 0 radical (unpaired) electrons. The topological polar surface area (TPSA) is 56.8 Å². The molecule has 0 aliphatic rings. The fourth-order valence-corrected chi connectivity index (χ4v) is 1.63. The third-order valence-electron chi connectivity index (χ3n) is 2.67. The van der Waals surface area contributed by atoms with Gasteiger partial charge in [-0.05, 0) is 24.6 Å². The van der Waals surface area contributed by atoms with Crippen molar-refractivity contribution in [3.8, 4) is 5.75 Å². The van der Waals surface area contributed by atoms with E-state index in [1.807, 2.05) is 31.2 Å². The van der Waals surface area contributed by atoms with Crippen LogP contribution < -0.4 is 10.1 Å². The summed E-state index contributed by atoms with van der Waals surface area (Å²) in [4.78, 5) is 11.5. The van der Waals surface area contributed by atoms with Crippen molar-refractivity contribution >= 4 is 5.91 Å². The van der Waals surface area contributed by atoms with E-state index in [0.717, 1.165) is 11.3 Å². The van der Waals surface area contributed by atoms with E-state index in [0.29, 0.717) is 13.2 Å². The van der Waals surface area contributed by atoms with Crippen molar-refractivity contribution in [3.05, 3.63) is 29.8 Å². The van der Waals surface area contributed by atoms with E-state index in [4.69, 9.17) is 14.2 Å². The SMILES string of the molecule is CCOCC(=O)NCC(OC)c1cccc(OC)c1. The Morgan fingerprint density at radius 2 is 2.16 bits per heavy atom. The maximum atomic E-state index is 11.5. The standard InChI is InChI=1S/C14H21NO4/c1-4-19-10-14(16)15-9-13(18-3)11-6-5-7-12(8-11)17-2/h5-8,13H,4,9-10H2,1-3H3,(H,15,16). The molecule has 0 aliphatic carbocycles. The highest BCUT2D eigenvalue weighted by atomic mass is 16.5. The molecular weight excluding hydrogens is 246 g/mol. The number of carbonyl (C=O) groups is 1. The highest BCUT2D eigenvalue weighted by molar-refractivity contribution is 5.77. The quantitative estimate of drug-likeness (QED) is 0.776. The Hall–Kier alpha value is -1.59. The number of hydrogen-bond acceptors (Lipinski definition) is 4. The molecule has 0 saturated carbocycles. The Bertz CT molecular complexity index is 395. The molecular formula is C14H21NO4. The molecule has 1 amide bonds. The monoisotopic (exact) mass is 267 g/mol. The van der Waals surface area contributed by atoms with Crippen LogP contribution in [0.25, 0.3) is 0 Å². The van der Waals surface area contributed by atoms with Gasteiger partial charge in [0.25, 0.3) is 0 Å².